The Bertz CT molecular complexity index is 877. The highest BCUT2D eigenvalue weighted by molar-refractivity contribution is 5.58. The second-order valence-electron chi connectivity index (χ2n) is 8.70. The maximum Gasteiger partial charge on any atom is 0.266 e. The molecule has 154 valence electrons. The number of nitrogens with zero attached hydrogens (tertiary/aromatic N) is 5. The lowest BCUT2D eigenvalue weighted by molar-refractivity contribution is 0.0256. The highest BCUT2D eigenvalue weighted by Gasteiger charge is 2.39. The molecule has 2 aromatic rings. The summed E-state index contributed by atoms with van der Waals surface area (Å²) in [6, 6.07) is 4.02. The molecule has 2 saturated heterocycles. The van der Waals surface area contributed by atoms with Gasteiger partial charge in [-0.15, -0.1) is 0 Å². The second-order valence-corrected chi connectivity index (χ2v) is 8.70. The molecule has 0 spiro atoms. The Morgan fingerprint density at radius 2 is 1.97 bits per heavy atom. The Morgan fingerprint density at radius 1 is 1.14 bits per heavy atom. The quantitative estimate of drug-likeness (QED) is 0.800. The van der Waals surface area contributed by atoms with Crippen LogP contribution >= 0.6 is 0 Å². The van der Waals surface area contributed by atoms with E-state index in [-0.39, 0.29) is 13.0 Å². The van der Waals surface area contributed by atoms with E-state index >= 15 is 0 Å². The Kier molecular flexibility index (Phi) is 4.61. The number of aryl methyl sites for hydroxylation is 1. The number of halogens is 2. The van der Waals surface area contributed by atoms with Crippen molar-refractivity contribution >= 4 is 17.5 Å². The lowest BCUT2D eigenvalue weighted by Crippen LogP contribution is -2.45. The normalized spacial score (nSPS) is 22.0. The number of rotatable bonds is 6. The number of hydrogen-bond acceptors (Lipinski definition) is 6. The van der Waals surface area contributed by atoms with E-state index in [1.807, 2.05) is 19.1 Å². The molecule has 1 aliphatic carbocycles. The minimum absolute atomic E-state index is 0.121. The maximum absolute atomic E-state index is 13.8. The molecule has 1 saturated carbocycles. The summed E-state index contributed by atoms with van der Waals surface area (Å²) in [5.74, 6) is 0.498. The summed E-state index contributed by atoms with van der Waals surface area (Å²) < 4.78 is 27.5. The average Bonchev–Trinajstić information content (AvgIpc) is 3.40. The van der Waals surface area contributed by atoms with Crippen LogP contribution in [0.5, 0.6) is 0 Å². The van der Waals surface area contributed by atoms with Crippen LogP contribution in [0.2, 0.25) is 0 Å². The van der Waals surface area contributed by atoms with Crippen molar-refractivity contribution in [3.8, 4) is 0 Å². The van der Waals surface area contributed by atoms with Crippen LogP contribution in [0.3, 0.4) is 0 Å². The molecule has 3 fully saturated rings. The number of anilines is 3. The van der Waals surface area contributed by atoms with Gasteiger partial charge in [0.1, 0.15) is 17.5 Å². The lowest BCUT2D eigenvalue weighted by atomic mass is 9.91. The monoisotopic (exact) mass is 400 g/mol. The van der Waals surface area contributed by atoms with Gasteiger partial charge in [0.2, 0.25) is 0 Å². The summed E-state index contributed by atoms with van der Waals surface area (Å²) in [7, 11) is 0. The van der Waals surface area contributed by atoms with E-state index in [9.17, 15) is 8.78 Å². The number of nitrogens with one attached hydrogen (secondary N) is 1. The highest BCUT2D eigenvalue weighted by Crippen LogP contribution is 2.37. The molecule has 2 aliphatic heterocycles. The Morgan fingerprint density at radius 3 is 2.62 bits per heavy atom. The predicted octanol–water partition coefficient (Wildman–Crippen LogP) is 3.58. The number of hydrogen-bond donors (Lipinski definition) is 1. The molecule has 0 atom stereocenters. The van der Waals surface area contributed by atoms with Crippen molar-refractivity contribution in [1.82, 2.24) is 19.9 Å². The van der Waals surface area contributed by atoms with Crippen molar-refractivity contribution in [2.75, 3.05) is 42.9 Å². The van der Waals surface area contributed by atoms with Gasteiger partial charge in [-0.25, -0.2) is 18.7 Å². The third-order valence-corrected chi connectivity index (χ3v) is 6.01. The van der Waals surface area contributed by atoms with Gasteiger partial charge < -0.3 is 15.1 Å². The lowest BCUT2D eigenvalue weighted by Gasteiger charge is -2.40. The molecule has 2 aromatic heterocycles. The van der Waals surface area contributed by atoms with Crippen LogP contribution in [0.1, 0.15) is 36.4 Å². The van der Waals surface area contributed by atoms with Gasteiger partial charge in [0, 0.05) is 38.5 Å². The summed E-state index contributed by atoms with van der Waals surface area (Å²) in [6.45, 7) is 5.18. The van der Waals surface area contributed by atoms with Crippen LogP contribution in [0.15, 0.2) is 24.5 Å². The van der Waals surface area contributed by atoms with Crippen LogP contribution in [0, 0.1) is 12.8 Å². The van der Waals surface area contributed by atoms with Gasteiger partial charge in [-0.3, -0.25) is 4.98 Å². The van der Waals surface area contributed by atoms with Crippen LogP contribution < -0.4 is 10.2 Å². The number of aromatic nitrogens is 3. The summed E-state index contributed by atoms with van der Waals surface area (Å²) in [4.78, 5) is 17.4. The second kappa shape index (κ2) is 7.16. The minimum atomic E-state index is -2.65. The van der Waals surface area contributed by atoms with E-state index in [2.05, 4.69) is 25.2 Å². The molecule has 0 radical (unpaired) electrons. The molecule has 3 aliphatic rings. The van der Waals surface area contributed by atoms with E-state index in [4.69, 9.17) is 0 Å². The highest BCUT2D eigenvalue weighted by atomic mass is 19.3. The van der Waals surface area contributed by atoms with Crippen molar-refractivity contribution in [1.29, 1.82) is 0 Å². The van der Waals surface area contributed by atoms with Gasteiger partial charge in [-0.2, -0.15) is 0 Å². The fraction of sp³-hybridized carbons (Fsp3) is 0.571. The van der Waals surface area contributed by atoms with Gasteiger partial charge in [-0.1, -0.05) is 0 Å². The summed E-state index contributed by atoms with van der Waals surface area (Å²) in [5.41, 5.74) is 1.99. The van der Waals surface area contributed by atoms with Crippen molar-refractivity contribution in [3.05, 3.63) is 35.8 Å². The van der Waals surface area contributed by atoms with E-state index in [1.165, 1.54) is 19.4 Å². The molecule has 0 amide bonds. The van der Waals surface area contributed by atoms with Crippen molar-refractivity contribution in [2.24, 2.45) is 5.92 Å². The smallest absolute Gasteiger partial charge is 0.266 e. The molecule has 29 heavy (non-hydrogen) atoms. The SMILES string of the molecule is Cc1cnc(Nc2cc(C3CN(CC4CC4)C3)cc(N3CCC(F)(F)C3)n2)cn1. The molecule has 1 N–H and O–H groups in total. The summed E-state index contributed by atoms with van der Waals surface area (Å²) in [6.07, 6.45) is 5.94. The largest absolute Gasteiger partial charge is 0.350 e. The fourth-order valence-corrected chi connectivity index (χ4v) is 4.11. The van der Waals surface area contributed by atoms with Crippen molar-refractivity contribution in [2.45, 2.75) is 38.0 Å². The van der Waals surface area contributed by atoms with Gasteiger partial charge in [0.15, 0.2) is 0 Å². The Labute approximate surface area is 169 Å². The standard InChI is InChI=1S/C21H26F2N6/c1-14-8-25-19(9-24-14)26-18-6-16(17-11-28(12-17)10-15-2-3-15)7-20(27-18)29-5-4-21(22,23)13-29/h6-9,15,17H,2-5,10-13H2,1H3,(H,25,26,27). The van der Waals surface area contributed by atoms with Gasteiger partial charge >= 0.3 is 0 Å². The zero-order chi connectivity index (χ0) is 20.0. The van der Waals surface area contributed by atoms with E-state index < -0.39 is 5.92 Å². The van der Waals surface area contributed by atoms with E-state index in [0.29, 0.717) is 29.9 Å². The molecule has 0 aromatic carbocycles. The number of alkyl halides is 2. The van der Waals surface area contributed by atoms with Crippen LogP contribution in [0.4, 0.5) is 26.2 Å². The van der Waals surface area contributed by atoms with E-state index in [0.717, 1.165) is 30.3 Å². The van der Waals surface area contributed by atoms with Gasteiger partial charge in [0.05, 0.1) is 24.6 Å². The van der Waals surface area contributed by atoms with Crippen LogP contribution in [-0.4, -0.2) is 58.5 Å². The topological polar surface area (TPSA) is 57.2 Å². The molecule has 4 heterocycles. The molecule has 5 rings (SSSR count). The first kappa shape index (κ1) is 18.7. The molecular formula is C21H26F2N6. The molecule has 0 bridgehead atoms. The molecule has 8 heteroatoms. The van der Waals surface area contributed by atoms with Crippen LogP contribution in [0.25, 0.3) is 0 Å². The first-order valence-corrected chi connectivity index (χ1v) is 10.4. The number of pyridine rings is 1. The summed E-state index contributed by atoms with van der Waals surface area (Å²) in [5, 5.41) is 3.20. The van der Waals surface area contributed by atoms with Crippen molar-refractivity contribution in [3.63, 3.8) is 0 Å². The third-order valence-electron chi connectivity index (χ3n) is 6.01. The third kappa shape index (κ3) is 4.32. The Balaban J connectivity index is 1.37. The average molecular weight is 400 g/mol. The van der Waals surface area contributed by atoms with E-state index in [1.54, 1.807) is 17.3 Å². The van der Waals surface area contributed by atoms with Gasteiger partial charge in [-0.05, 0) is 43.4 Å². The molecular weight excluding hydrogens is 374 g/mol. The zero-order valence-corrected chi connectivity index (χ0v) is 16.6. The first-order valence-electron chi connectivity index (χ1n) is 10.4. The maximum atomic E-state index is 13.8. The zero-order valence-electron chi connectivity index (χ0n) is 16.6. The first-order chi connectivity index (χ1) is 13.9. The Hall–Kier alpha value is -2.35. The van der Waals surface area contributed by atoms with Gasteiger partial charge in [0.25, 0.3) is 5.92 Å². The fourth-order valence-electron chi connectivity index (χ4n) is 4.11. The van der Waals surface area contributed by atoms with Crippen molar-refractivity contribution < 1.29 is 8.78 Å². The molecule has 6 nitrogen and oxygen atoms in total. The number of likely N-dealkylation sites (tertiary alicyclic amines) is 1. The summed E-state index contributed by atoms with van der Waals surface area (Å²) >= 11 is 0. The molecule has 0 unspecified atom stereocenters. The minimum Gasteiger partial charge on any atom is -0.350 e. The van der Waals surface area contributed by atoms with Crippen LogP contribution in [-0.2, 0) is 0 Å². The predicted molar refractivity (Wildman–Crippen MR) is 108 cm³/mol.